The van der Waals surface area contributed by atoms with Crippen molar-refractivity contribution in [1.29, 1.82) is 0 Å². The number of thiophene rings is 1. The fourth-order valence-corrected chi connectivity index (χ4v) is 5.59. The fraction of sp³-hybridized carbons (Fsp3) is 0.179. The number of pyridine rings is 2. The molecule has 4 aromatic rings. The Balaban J connectivity index is 1.31. The molecular weight excluding hydrogens is 486 g/mol. The number of hydrogen-bond donors (Lipinski definition) is 2. The lowest BCUT2D eigenvalue weighted by atomic mass is 10.1. The van der Waals surface area contributed by atoms with Crippen molar-refractivity contribution in [1.82, 2.24) is 15.3 Å². The second-order valence-electron chi connectivity index (χ2n) is 9.14. The number of carbonyl (C=O) groups excluding carboxylic acids is 3. The van der Waals surface area contributed by atoms with Gasteiger partial charge in [0, 0.05) is 34.8 Å². The van der Waals surface area contributed by atoms with Gasteiger partial charge in [0.1, 0.15) is 11.4 Å². The van der Waals surface area contributed by atoms with E-state index in [-0.39, 0.29) is 17.5 Å². The predicted molar refractivity (Wildman–Crippen MR) is 142 cm³/mol. The average Bonchev–Trinajstić information content (AvgIpc) is 3.67. The Hall–Kier alpha value is -4.37. The normalized spacial score (nSPS) is 14.3. The smallest absolute Gasteiger partial charge is 0.276 e. The maximum Gasteiger partial charge on any atom is 0.276 e. The van der Waals surface area contributed by atoms with E-state index in [2.05, 4.69) is 15.3 Å². The van der Waals surface area contributed by atoms with Gasteiger partial charge in [0.2, 0.25) is 0 Å². The fourth-order valence-electron chi connectivity index (χ4n) is 4.45. The third kappa shape index (κ3) is 4.49. The highest BCUT2D eigenvalue weighted by Gasteiger charge is 2.29. The minimum Gasteiger partial charge on any atom is -0.364 e. The van der Waals surface area contributed by atoms with Gasteiger partial charge >= 0.3 is 0 Å². The number of nitrogens with one attached hydrogen (secondary N) is 1. The zero-order valence-electron chi connectivity index (χ0n) is 19.8. The van der Waals surface area contributed by atoms with Crippen LogP contribution in [-0.2, 0) is 6.42 Å². The molecule has 9 heteroatoms. The first-order valence-corrected chi connectivity index (χ1v) is 12.9. The molecule has 1 aromatic carbocycles. The van der Waals surface area contributed by atoms with Crippen LogP contribution in [0.1, 0.15) is 49.1 Å². The summed E-state index contributed by atoms with van der Waals surface area (Å²) in [5.74, 6) is -0.837. The minimum atomic E-state index is -0.604. The largest absolute Gasteiger partial charge is 0.364 e. The molecule has 6 rings (SSSR count). The highest BCUT2D eigenvalue weighted by molar-refractivity contribution is 7.17. The molecule has 0 atom stereocenters. The molecule has 0 saturated heterocycles. The van der Waals surface area contributed by atoms with Crippen LogP contribution < -0.4 is 16.0 Å². The highest BCUT2D eigenvalue weighted by Crippen LogP contribution is 2.42. The number of amides is 3. The quantitative estimate of drug-likeness (QED) is 0.421. The predicted octanol–water partition coefficient (Wildman–Crippen LogP) is 4.07. The van der Waals surface area contributed by atoms with Gasteiger partial charge in [0.15, 0.2) is 0 Å². The summed E-state index contributed by atoms with van der Waals surface area (Å²) in [6, 6.07) is 18.6. The highest BCUT2D eigenvalue weighted by atomic mass is 32.1. The Labute approximate surface area is 217 Å². The van der Waals surface area contributed by atoms with E-state index < -0.39 is 5.91 Å². The molecule has 1 saturated carbocycles. The first kappa shape index (κ1) is 23.1. The molecule has 3 aromatic heterocycles. The van der Waals surface area contributed by atoms with Crippen LogP contribution in [0.3, 0.4) is 0 Å². The third-order valence-electron chi connectivity index (χ3n) is 6.51. The van der Waals surface area contributed by atoms with Gasteiger partial charge in [-0.05, 0) is 61.2 Å². The van der Waals surface area contributed by atoms with E-state index in [0.29, 0.717) is 40.8 Å². The first-order valence-electron chi connectivity index (χ1n) is 12.1. The molecule has 0 radical (unpaired) electrons. The SMILES string of the molecule is NC(=O)c1ccc(-c2cccc(C(=O)N3CCc4cc(C(=O)NC5CC5)sc4-c4ccccc43)n2)cn1. The van der Waals surface area contributed by atoms with Crippen molar-refractivity contribution in [2.75, 3.05) is 11.4 Å². The summed E-state index contributed by atoms with van der Waals surface area (Å²) in [5.41, 5.74) is 9.79. The zero-order chi connectivity index (χ0) is 25.5. The molecule has 4 heterocycles. The van der Waals surface area contributed by atoms with Crippen LogP contribution in [0, 0.1) is 0 Å². The summed E-state index contributed by atoms with van der Waals surface area (Å²) in [6.45, 7) is 0.462. The summed E-state index contributed by atoms with van der Waals surface area (Å²) >= 11 is 1.48. The van der Waals surface area contributed by atoms with Crippen LogP contribution in [0.25, 0.3) is 21.7 Å². The number of primary amides is 1. The van der Waals surface area contributed by atoms with E-state index >= 15 is 0 Å². The van der Waals surface area contributed by atoms with Crippen molar-refractivity contribution in [2.24, 2.45) is 5.73 Å². The van der Waals surface area contributed by atoms with Gasteiger partial charge in [0.25, 0.3) is 17.7 Å². The standard InChI is InChI=1S/C28H23N5O3S/c29-26(34)21-11-8-17(15-30-21)20-5-3-6-22(32-20)28(36)33-13-12-16-14-24(27(35)31-18-9-10-18)37-25(16)19-4-1-2-7-23(19)33/h1-8,11,14-15,18H,9-10,12-13H2,(H2,29,34)(H,31,35). The molecule has 2 aliphatic rings. The number of carbonyl (C=O) groups is 3. The molecule has 1 aliphatic heterocycles. The van der Waals surface area contributed by atoms with E-state index in [9.17, 15) is 14.4 Å². The molecule has 3 amide bonds. The lowest BCUT2D eigenvalue weighted by Crippen LogP contribution is -2.33. The van der Waals surface area contributed by atoms with E-state index in [1.165, 1.54) is 23.6 Å². The molecule has 1 aliphatic carbocycles. The van der Waals surface area contributed by atoms with Crippen molar-refractivity contribution in [3.63, 3.8) is 0 Å². The van der Waals surface area contributed by atoms with Crippen molar-refractivity contribution in [3.05, 3.63) is 88.7 Å². The van der Waals surface area contributed by atoms with E-state index in [0.717, 1.165) is 34.5 Å². The van der Waals surface area contributed by atoms with Gasteiger partial charge in [-0.1, -0.05) is 24.3 Å². The molecule has 0 bridgehead atoms. The van der Waals surface area contributed by atoms with Crippen LogP contribution >= 0.6 is 11.3 Å². The number of nitrogens with two attached hydrogens (primary N) is 1. The Morgan fingerprint density at radius 3 is 2.59 bits per heavy atom. The molecular formula is C28H23N5O3S. The maximum atomic E-state index is 13.7. The van der Waals surface area contributed by atoms with E-state index in [1.54, 1.807) is 29.2 Å². The van der Waals surface area contributed by atoms with Crippen LogP contribution in [0.4, 0.5) is 5.69 Å². The van der Waals surface area contributed by atoms with Gasteiger partial charge < -0.3 is 16.0 Å². The second-order valence-corrected chi connectivity index (χ2v) is 10.2. The van der Waals surface area contributed by atoms with Crippen molar-refractivity contribution in [2.45, 2.75) is 25.3 Å². The van der Waals surface area contributed by atoms with E-state index in [4.69, 9.17) is 5.73 Å². The number of benzene rings is 1. The Kier molecular flexibility index (Phi) is 5.77. The number of nitrogens with zero attached hydrogens (tertiary/aromatic N) is 3. The number of fused-ring (bicyclic) bond motifs is 3. The van der Waals surface area contributed by atoms with E-state index in [1.807, 2.05) is 30.3 Å². The Morgan fingerprint density at radius 2 is 1.84 bits per heavy atom. The van der Waals surface area contributed by atoms with Gasteiger partial charge in [-0.25, -0.2) is 4.98 Å². The molecule has 37 heavy (non-hydrogen) atoms. The van der Waals surface area contributed by atoms with Crippen molar-refractivity contribution in [3.8, 4) is 21.7 Å². The number of rotatable bonds is 5. The van der Waals surface area contributed by atoms with Crippen LogP contribution in [0.5, 0.6) is 0 Å². The third-order valence-corrected chi connectivity index (χ3v) is 7.72. The molecule has 1 fully saturated rings. The number of anilines is 1. The van der Waals surface area contributed by atoms with Gasteiger partial charge in [-0.3, -0.25) is 19.4 Å². The number of aromatic nitrogens is 2. The average molecular weight is 510 g/mol. The lowest BCUT2D eigenvalue weighted by Gasteiger charge is -2.23. The zero-order valence-corrected chi connectivity index (χ0v) is 20.6. The summed E-state index contributed by atoms with van der Waals surface area (Å²) in [4.78, 5) is 49.9. The molecule has 184 valence electrons. The first-order chi connectivity index (χ1) is 18.0. The molecule has 0 unspecified atom stereocenters. The van der Waals surface area contributed by atoms with Gasteiger partial charge in [0.05, 0.1) is 16.3 Å². The Morgan fingerprint density at radius 1 is 1.00 bits per heavy atom. The molecule has 3 N–H and O–H groups in total. The van der Waals surface area contributed by atoms with Crippen LogP contribution in [-0.4, -0.2) is 40.3 Å². The summed E-state index contributed by atoms with van der Waals surface area (Å²) in [5, 5.41) is 3.07. The Bertz CT molecular complexity index is 1540. The van der Waals surface area contributed by atoms with Gasteiger partial charge in [-0.15, -0.1) is 11.3 Å². The number of para-hydroxylation sites is 1. The lowest BCUT2D eigenvalue weighted by molar-refractivity contribution is 0.0951. The maximum absolute atomic E-state index is 13.7. The van der Waals surface area contributed by atoms with Gasteiger partial charge in [-0.2, -0.15) is 0 Å². The van der Waals surface area contributed by atoms with Crippen LogP contribution in [0.15, 0.2) is 66.9 Å². The molecule has 8 nitrogen and oxygen atoms in total. The second kappa shape index (κ2) is 9.25. The van der Waals surface area contributed by atoms with Crippen LogP contribution in [0.2, 0.25) is 0 Å². The summed E-state index contributed by atoms with van der Waals surface area (Å²) in [6.07, 6.45) is 4.23. The monoisotopic (exact) mass is 509 g/mol. The molecule has 0 spiro atoms. The summed E-state index contributed by atoms with van der Waals surface area (Å²) in [7, 11) is 0. The minimum absolute atomic E-state index is 0.0228. The van der Waals surface area contributed by atoms with Crippen molar-refractivity contribution < 1.29 is 14.4 Å². The van der Waals surface area contributed by atoms with Crippen molar-refractivity contribution >= 4 is 34.7 Å². The topological polar surface area (TPSA) is 118 Å². The summed E-state index contributed by atoms with van der Waals surface area (Å²) < 4.78 is 0. The number of hydrogen-bond acceptors (Lipinski definition) is 6.